The van der Waals surface area contributed by atoms with E-state index in [-0.39, 0.29) is 23.8 Å². The fraction of sp³-hybridized carbons (Fsp3) is 0.600. The lowest BCUT2D eigenvalue weighted by Crippen LogP contribution is -2.49. The molecule has 0 aromatic heterocycles. The molecule has 3 N–H and O–H groups in total. The maximum absolute atomic E-state index is 12.6. The summed E-state index contributed by atoms with van der Waals surface area (Å²) in [5.41, 5.74) is 7.91. The molecule has 0 aliphatic heterocycles. The second kappa shape index (κ2) is 7.56. The van der Waals surface area contributed by atoms with Crippen molar-refractivity contribution in [3.8, 4) is 0 Å². The predicted octanol–water partition coefficient (Wildman–Crippen LogP) is 2.16. The molecule has 2 amide bonds. The van der Waals surface area contributed by atoms with Crippen molar-refractivity contribution in [3.63, 3.8) is 0 Å². The number of carbonyl (C=O) groups excluding carboxylic acids is 2. The van der Waals surface area contributed by atoms with Crippen LogP contribution in [0.1, 0.15) is 48.0 Å². The summed E-state index contributed by atoms with van der Waals surface area (Å²) >= 11 is 0. The molecule has 5 nitrogen and oxygen atoms in total. The minimum Gasteiger partial charge on any atom is -0.352 e. The van der Waals surface area contributed by atoms with Crippen LogP contribution in [0.15, 0.2) is 24.3 Å². The number of fused-ring (bicyclic) bond motifs is 2. The Morgan fingerprint density at radius 3 is 2.52 bits per heavy atom. The number of hydrogen-bond donors (Lipinski definition) is 2. The first kappa shape index (κ1) is 17.9. The van der Waals surface area contributed by atoms with E-state index in [4.69, 9.17) is 5.73 Å². The van der Waals surface area contributed by atoms with Crippen molar-refractivity contribution >= 4 is 11.8 Å². The van der Waals surface area contributed by atoms with E-state index in [2.05, 4.69) is 5.32 Å². The molecule has 2 aliphatic rings. The molecule has 3 rings (SSSR count). The van der Waals surface area contributed by atoms with Gasteiger partial charge in [0.2, 0.25) is 5.91 Å². The van der Waals surface area contributed by atoms with Gasteiger partial charge in [-0.1, -0.05) is 18.6 Å². The molecule has 2 fully saturated rings. The quantitative estimate of drug-likeness (QED) is 0.880. The molecule has 0 saturated heterocycles. The minimum absolute atomic E-state index is 0.0257. The first-order valence-electron chi connectivity index (χ1n) is 9.29. The maximum atomic E-state index is 12.6. The maximum Gasteiger partial charge on any atom is 0.253 e. The Morgan fingerprint density at radius 2 is 1.88 bits per heavy atom. The van der Waals surface area contributed by atoms with E-state index in [1.807, 2.05) is 18.2 Å². The van der Waals surface area contributed by atoms with Crippen molar-refractivity contribution in [2.45, 2.75) is 44.7 Å². The van der Waals surface area contributed by atoms with E-state index in [0.29, 0.717) is 23.9 Å². The zero-order valence-electron chi connectivity index (χ0n) is 15.2. The predicted molar refractivity (Wildman–Crippen MR) is 97.8 cm³/mol. The highest BCUT2D eigenvalue weighted by Crippen LogP contribution is 2.41. The minimum atomic E-state index is -0.0257. The average Bonchev–Trinajstić information content (AvgIpc) is 2.59. The van der Waals surface area contributed by atoms with Crippen molar-refractivity contribution in [2.75, 3.05) is 14.1 Å². The van der Waals surface area contributed by atoms with Crippen molar-refractivity contribution in [3.05, 3.63) is 35.4 Å². The topological polar surface area (TPSA) is 75.4 Å². The van der Waals surface area contributed by atoms with Crippen LogP contribution in [0.2, 0.25) is 0 Å². The molecular formula is C20H29N3O2. The van der Waals surface area contributed by atoms with Crippen LogP contribution in [-0.4, -0.2) is 36.9 Å². The van der Waals surface area contributed by atoms with Gasteiger partial charge in [-0.15, -0.1) is 0 Å². The van der Waals surface area contributed by atoms with Gasteiger partial charge in [0, 0.05) is 38.2 Å². The van der Waals surface area contributed by atoms with Gasteiger partial charge in [0.05, 0.1) is 0 Å². The van der Waals surface area contributed by atoms with Gasteiger partial charge < -0.3 is 16.0 Å². The third-order valence-electron chi connectivity index (χ3n) is 5.83. The van der Waals surface area contributed by atoms with Crippen LogP contribution in [-0.2, 0) is 11.3 Å². The molecule has 2 saturated carbocycles. The highest BCUT2D eigenvalue weighted by Gasteiger charge is 2.40. The first-order chi connectivity index (χ1) is 12.0. The smallest absolute Gasteiger partial charge is 0.253 e. The second-order valence-electron chi connectivity index (χ2n) is 7.81. The van der Waals surface area contributed by atoms with Gasteiger partial charge in [0.15, 0.2) is 0 Å². The Hall–Kier alpha value is -1.88. The van der Waals surface area contributed by atoms with Crippen LogP contribution >= 0.6 is 0 Å². The Kier molecular flexibility index (Phi) is 5.42. The zero-order chi connectivity index (χ0) is 18.0. The highest BCUT2D eigenvalue weighted by atomic mass is 16.2. The summed E-state index contributed by atoms with van der Waals surface area (Å²) < 4.78 is 0. The number of rotatable bonds is 4. The number of nitrogens with one attached hydrogen (secondary N) is 1. The standard InChI is InChI=1S/C20H29N3O2/c1-23(2)20(25)16-8-3-5-13(9-16)12-22-19(24)17-10-14-6-4-7-15(11-17)18(14)21/h3,5,8-9,14-15,17-18H,4,6-7,10-12,21H2,1-2H3,(H,22,24). The number of carbonyl (C=O) groups is 2. The summed E-state index contributed by atoms with van der Waals surface area (Å²) in [6.07, 6.45) is 5.42. The molecule has 5 heteroatoms. The van der Waals surface area contributed by atoms with E-state index in [0.717, 1.165) is 31.2 Å². The molecule has 136 valence electrons. The fourth-order valence-corrected chi connectivity index (χ4v) is 4.41. The molecule has 2 aliphatic carbocycles. The molecule has 0 radical (unpaired) electrons. The van der Waals surface area contributed by atoms with Crippen molar-refractivity contribution in [2.24, 2.45) is 23.5 Å². The van der Waals surface area contributed by atoms with Crippen LogP contribution in [0, 0.1) is 17.8 Å². The summed E-state index contributed by atoms with van der Waals surface area (Å²) in [7, 11) is 3.48. The van der Waals surface area contributed by atoms with Crippen molar-refractivity contribution in [1.82, 2.24) is 10.2 Å². The fourth-order valence-electron chi connectivity index (χ4n) is 4.41. The van der Waals surface area contributed by atoms with E-state index >= 15 is 0 Å². The van der Waals surface area contributed by atoms with E-state index < -0.39 is 0 Å². The van der Waals surface area contributed by atoms with Gasteiger partial charge in [-0.3, -0.25) is 9.59 Å². The van der Waals surface area contributed by atoms with Gasteiger partial charge in [0.1, 0.15) is 0 Å². The van der Waals surface area contributed by atoms with Gasteiger partial charge in [-0.25, -0.2) is 0 Å². The summed E-state index contributed by atoms with van der Waals surface area (Å²) in [5, 5.41) is 3.06. The number of amides is 2. The molecule has 2 atom stereocenters. The van der Waals surface area contributed by atoms with Crippen LogP contribution in [0.3, 0.4) is 0 Å². The largest absolute Gasteiger partial charge is 0.352 e. The number of nitrogens with zero attached hydrogens (tertiary/aromatic N) is 1. The van der Waals surface area contributed by atoms with E-state index in [1.54, 1.807) is 25.1 Å². The number of hydrogen-bond acceptors (Lipinski definition) is 3. The third kappa shape index (κ3) is 4.03. The molecular weight excluding hydrogens is 314 g/mol. The first-order valence-corrected chi connectivity index (χ1v) is 9.29. The summed E-state index contributed by atoms with van der Waals surface area (Å²) in [5.74, 6) is 1.20. The SMILES string of the molecule is CN(C)C(=O)c1cccc(CNC(=O)C2CC3CCCC(C2)C3N)c1. The van der Waals surface area contributed by atoms with Crippen molar-refractivity contribution in [1.29, 1.82) is 0 Å². The van der Waals surface area contributed by atoms with E-state index in [9.17, 15) is 9.59 Å². The molecule has 2 unspecified atom stereocenters. The molecule has 0 spiro atoms. The summed E-state index contributed by atoms with van der Waals surface area (Å²) in [6.45, 7) is 0.464. The Bertz CT molecular complexity index is 630. The number of nitrogens with two attached hydrogens (primary N) is 1. The second-order valence-corrected chi connectivity index (χ2v) is 7.81. The lowest BCUT2D eigenvalue weighted by Gasteiger charge is -2.43. The van der Waals surface area contributed by atoms with Gasteiger partial charge in [-0.05, 0) is 55.2 Å². The molecule has 0 heterocycles. The van der Waals surface area contributed by atoms with E-state index in [1.165, 1.54) is 6.42 Å². The van der Waals surface area contributed by atoms with Gasteiger partial charge >= 0.3 is 0 Å². The Balaban J connectivity index is 1.58. The Morgan fingerprint density at radius 1 is 1.20 bits per heavy atom. The van der Waals surface area contributed by atoms with Crippen LogP contribution in [0.4, 0.5) is 0 Å². The normalized spacial score (nSPS) is 28.3. The van der Waals surface area contributed by atoms with Crippen molar-refractivity contribution < 1.29 is 9.59 Å². The lowest BCUT2D eigenvalue weighted by atomic mass is 9.65. The third-order valence-corrected chi connectivity index (χ3v) is 5.83. The molecule has 25 heavy (non-hydrogen) atoms. The molecule has 1 aromatic rings. The van der Waals surface area contributed by atoms with Crippen LogP contribution < -0.4 is 11.1 Å². The van der Waals surface area contributed by atoms with Crippen LogP contribution in [0.25, 0.3) is 0 Å². The summed E-state index contributed by atoms with van der Waals surface area (Å²) in [6, 6.07) is 7.75. The average molecular weight is 343 g/mol. The highest BCUT2D eigenvalue weighted by molar-refractivity contribution is 5.94. The zero-order valence-corrected chi connectivity index (χ0v) is 15.2. The molecule has 1 aromatic carbocycles. The van der Waals surface area contributed by atoms with Crippen LogP contribution in [0.5, 0.6) is 0 Å². The number of benzene rings is 1. The lowest BCUT2D eigenvalue weighted by molar-refractivity contribution is -0.128. The summed E-state index contributed by atoms with van der Waals surface area (Å²) in [4.78, 5) is 26.2. The van der Waals surface area contributed by atoms with Gasteiger partial charge in [0.25, 0.3) is 5.91 Å². The Labute approximate surface area is 150 Å². The monoisotopic (exact) mass is 343 g/mol. The van der Waals surface area contributed by atoms with Gasteiger partial charge in [-0.2, -0.15) is 0 Å². The molecule has 2 bridgehead atoms.